The minimum atomic E-state index is -3.25. The summed E-state index contributed by atoms with van der Waals surface area (Å²) in [4.78, 5) is 0. The molecule has 1 aliphatic heterocycles. The highest BCUT2D eigenvalue weighted by atomic mass is 35.5. The van der Waals surface area contributed by atoms with Gasteiger partial charge in [0.1, 0.15) is 0 Å². The van der Waals surface area contributed by atoms with E-state index in [0.29, 0.717) is 37.9 Å². The predicted molar refractivity (Wildman–Crippen MR) is 66.9 cm³/mol. The summed E-state index contributed by atoms with van der Waals surface area (Å²) in [5.74, 6) is 1.02. The van der Waals surface area contributed by atoms with Crippen LogP contribution in [0.15, 0.2) is 0 Å². The molecule has 96 valence electrons. The van der Waals surface area contributed by atoms with Crippen molar-refractivity contribution >= 4 is 21.8 Å². The lowest BCUT2D eigenvalue weighted by atomic mass is 10.1. The second-order valence-corrected chi connectivity index (χ2v) is 6.71. The number of nitrogens with zero attached hydrogens (tertiary/aromatic N) is 2. The Balaban J connectivity index is 2.57. The molecule has 0 amide bonds. The average Bonchev–Trinajstić information content (AvgIpc) is 2.74. The summed E-state index contributed by atoms with van der Waals surface area (Å²) in [6.45, 7) is 3.94. The summed E-state index contributed by atoms with van der Waals surface area (Å²) in [6, 6.07) is 0. The maximum atomic E-state index is 12.1. The Hall–Kier alpha value is 0.160. The number of hydrogen-bond donors (Lipinski definition) is 0. The summed E-state index contributed by atoms with van der Waals surface area (Å²) in [5.41, 5.74) is 0. The lowest BCUT2D eigenvalue weighted by Gasteiger charge is -2.23. The van der Waals surface area contributed by atoms with Crippen molar-refractivity contribution in [1.82, 2.24) is 8.61 Å². The van der Waals surface area contributed by atoms with Crippen molar-refractivity contribution < 1.29 is 8.42 Å². The molecule has 0 bridgehead atoms. The molecule has 1 heterocycles. The topological polar surface area (TPSA) is 40.6 Å². The standard InChI is InChI=1S/C10H21ClN2O2S/c1-3-10-5-8-13(9-10)16(14,15)12(2)7-4-6-11/h10H,3-9H2,1-2H3. The predicted octanol–water partition coefficient (Wildman–Crippen LogP) is 1.52. The smallest absolute Gasteiger partial charge is 0.195 e. The summed E-state index contributed by atoms with van der Waals surface area (Å²) >= 11 is 5.57. The maximum absolute atomic E-state index is 12.1. The Morgan fingerprint density at radius 2 is 2.19 bits per heavy atom. The lowest BCUT2D eigenvalue weighted by molar-refractivity contribution is 0.385. The first-order valence-corrected chi connectivity index (χ1v) is 7.72. The van der Waals surface area contributed by atoms with Crippen molar-refractivity contribution in [2.24, 2.45) is 5.92 Å². The van der Waals surface area contributed by atoms with Crippen LogP contribution in [0, 0.1) is 5.92 Å². The molecular weight excluding hydrogens is 248 g/mol. The molecule has 1 atom stereocenters. The van der Waals surface area contributed by atoms with E-state index in [1.165, 1.54) is 4.31 Å². The molecule has 1 unspecified atom stereocenters. The van der Waals surface area contributed by atoms with E-state index in [-0.39, 0.29) is 0 Å². The molecule has 0 spiro atoms. The largest absolute Gasteiger partial charge is 0.281 e. The second-order valence-electron chi connectivity index (χ2n) is 4.29. The van der Waals surface area contributed by atoms with Crippen LogP contribution in [-0.2, 0) is 10.2 Å². The average molecular weight is 269 g/mol. The fourth-order valence-corrected chi connectivity index (χ4v) is 3.54. The highest BCUT2D eigenvalue weighted by Crippen LogP contribution is 2.23. The van der Waals surface area contributed by atoms with Crippen molar-refractivity contribution in [3.05, 3.63) is 0 Å². The Labute approximate surface area is 104 Å². The van der Waals surface area contributed by atoms with Crippen LogP contribution in [0.5, 0.6) is 0 Å². The third-order valence-corrected chi connectivity index (χ3v) is 5.37. The Morgan fingerprint density at radius 1 is 1.50 bits per heavy atom. The molecule has 0 aromatic rings. The Bertz CT molecular complexity index is 308. The van der Waals surface area contributed by atoms with Gasteiger partial charge >= 0.3 is 0 Å². The van der Waals surface area contributed by atoms with E-state index in [2.05, 4.69) is 6.92 Å². The van der Waals surface area contributed by atoms with Crippen LogP contribution in [0.1, 0.15) is 26.2 Å². The number of alkyl halides is 1. The Morgan fingerprint density at radius 3 is 2.69 bits per heavy atom. The van der Waals surface area contributed by atoms with Crippen LogP contribution in [0.4, 0.5) is 0 Å². The van der Waals surface area contributed by atoms with Gasteiger partial charge < -0.3 is 0 Å². The molecule has 1 fully saturated rings. The van der Waals surface area contributed by atoms with Gasteiger partial charge in [-0.3, -0.25) is 0 Å². The quantitative estimate of drug-likeness (QED) is 0.686. The molecule has 6 heteroatoms. The summed E-state index contributed by atoms with van der Waals surface area (Å²) in [5, 5.41) is 0. The summed E-state index contributed by atoms with van der Waals surface area (Å²) in [7, 11) is -1.62. The van der Waals surface area contributed by atoms with Gasteiger partial charge in [-0.25, -0.2) is 0 Å². The molecule has 1 aliphatic rings. The number of halogens is 1. The van der Waals surface area contributed by atoms with Crippen LogP contribution in [-0.4, -0.2) is 49.6 Å². The molecule has 0 radical (unpaired) electrons. The number of rotatable bonds is 6. The van der Waals surface area contributed by atoms with E-state index in [1.807, 2.05) is 0 Å². The van der Waals surface area contributed by atoms with Gasteiger partial charge in [0.05, 0.1) is 0 Å². The molecule has 0 aliphatic carbocycles. The fraction of sp³-hybridized carbons (Fsp3) is 1.00. The van der Waals surface area contributed by atoms with E-state index >= 15 is 0 Å². The fourth-order valence-electron chi connectivity index (χ4n) is 1.93. The zero-order valence-corrected chi connectivity index (χ0v) is 11.6. The van der Waals surface area contributed by atoms with E-state index in [1.54, 1.807) is 11.4 Å². The van der Waals surface area contributed by atoms with Crippen molar-refractivity contribution in [2.45, 2.75) is 26.2 Å². The summed E-state index contributed by atoms with van der Waals surface area (Å²) in [6.07, 6.45) is 2.73. The monoisotopic (exact) mass is 268 g/mol. The number of hydrogen-bond acceptors (Lipinski definition) is 2. The highest BCUT2D eigenvalue weighted by Gasteiger charge is 2.32. The zero-order valence-electron chi connectivity index (χ0n) is 10.0. The van der Waals surface area contributed by atoms with Crippen LogP contribution in [0.2, 0.25) is 0 Å². The van der Waals surface area contributed by atoms with Gasteiger partial charge in [0, 0.05) is 32.6 Å². The van der Waals surface area contributed by atoms with Crippen molar-refractivity contribution in [1.29, 1.82) is 0 Å². The van der Waals surface area contributed by atoms with Gasteiger partial charge in [-0.05, 0) is 18.8 Å². The van der Waals surface area contributed by atoms with Gasteiger partial charge in [0.15, 0.2) is 0 Å². The first-order chi connectivity index (χ1) is 7.52. The highest BCUT2D eigenvalue weighted by molar-refractivity contribution is 7.86. The van der Waals surface area contributed by atoms with Gasteiger partial charge in [-0.15, -0.1) is 11.6 Å². The van der Waals surface area contributed by atoms with E-state index in [0.717, 1.165) is 12.8 Å². The van der Waals surface area contributed by atoms with Crippen LogP contribution >= 0.6 is 11.6 Å². The van der Waals surface area contributed by atoms with Crippen LogP contribution < -0.4 is 0 Å². The van der Waals surface area contributed by atoms with Crippen LogP contribution in [0.25, 0.3) is 0 Å². The van der Waals surface area contributed by atoms with Gasteiger partial charge in [-0.2, -0.15) is 17.0 Å². The molecule has 0 aromatic carbocycles. The van der Waals surface area contributed by atoms with Crippen molar-refractivity contribution in [2.75, 3.05) is 32.6 Å². The van der Waals surface area contributed by atoms with E-state index < -0.39 is 10.2 Å². The lowest BCUT2D eigenvalue weighted by Crippen LogP contribution is -2.41. The molecule has 16 heavy (non-hydrogen) atoms. The van der Waals surface area contributed by atoms with Gasteiger partial charge in [0.25, 0.3) is 10.2 Å². The normalized spacial score (nSPS) is 23.1. The van der Waals surface area contributed by atoms with E-state index in [9.17, 15) is 8.42 Å². The first kappa shape index (κ1) is 14.2. The molecule has 1 saturated heterocycles. The van der Waals surface area contributed by atoms with E-state index in [4.69, 9.17) is 11.6 Å². The van der Waals surface area contributed by atoms with Crippen molar-refractivity contribution in [3.8, 4) is 0 Å². The third kappa shape index (κ3) is 3.32. The second kappa shape index (κ2) is 6.19. The molecule has 0 saturated carbocycles. The Kier molecular flexibility index (Phi) is 5.50. The summed E-state index contributed by atoms with van der Waals surface area (Å²) < 4.78 is 27.2. The molecular formula is C10H21ClN2O2S. The third-order valence-electron chi connectivity index (χ3n) is 3.15. The SMILES string of the molecule is CCC1CCN(S(=O)(=O)N(C)CCCCl)C1. The minimum Gasteiger partial charge on any atom is -0.195 e. The van der Waals surface area contributed by atoms with Gasteiger partial charge in [-0.1, -0.05) is 13.3 Å². The van der Waals surface area contributed by atoms with Crippen LogP contribution in [0.3, 0.4) is 0 Å². The minimum absolute atomic E-state index is 0.497. The zero-order chi connectivity index (χ0) is 12.2. The van der Waals surface area contributed by atoms with Crippen molar-refractivity contribution in [3.63, 3.8) is 0 Å². The van der Waals surface area contributed by atoms with Gasteiger partial charge in [0.2, 0.25) is 0 Å². The first-order valence-electron chi connectivity index (χ1n) is 5.79. The molecule has 0 aromatic heterocycles. The molecule has 0 N–H and O–H groups in total. The molecule has 1 rings (SSSR count). The molecule has 4 nitrogen and oxygen atoms in total. The maximum Gasteiger partial charge on any atom is 0.281 e.